The molecule has 31 nitrogen and oxygen atoms in total. The molecule has 0 aromatic rings. The third-order valence-electron chi connectivity index (χ3n) is 12.2. The summed E-state index contributed by atoms with van der Waals surface area (Å²) in [5, 5.41) is 12.6. The molecule has 0 radical (unpaired) electrons. The van der Waals surface area contributed by atoms with Crippen molar-refractivity contribution in [1.82, 2.24) is 16.1 Å². The molecule has 0 aliphatic rings. The van der Waals surface area contributed by atoms with Crippen molar-refractivity contribution in [2.45, 2.75) is 150 Å². The summed E-state index contributed by atoms with van der Waals surface area (Å²) in [5.41, 5.74) is 17.2. The number of nitrogens with one attached hydrogen (secondary N) is 3. The van der Waals surface area contributed by atoms with Crippen LogP contribution in [-0.4, -0.2) is 243 Å². The van der Waals surface area contributed by atoms with Crippen LogP contribution in [-0.2, 0) is 99.9 Å². The predicted octanol–water partition coefficient (Wildman–Crippen LogP) is 6.48. The van der Waals surface area contributed by atoms with Crippen LogP contribution in [0.25, 0.3) is 20.9 Å². The highest BCUT2D eigenvalue weighted by Crippen LogP contribution is 2.26. The standard InChI is InChI=1S/C61H111N9O22/c1-59(2,3)18-17-50(46-52(72)48-89-42-40-86-38-36-84-34-32-82-30-27-80-24-21-66-70-63)56(75)64-19-11-10-13-53(54(73)14-12-22-78-25-28-87-43-44-90-68-58(77)92-61(7,8)9)67-57(76)49(15-16-55(74)91-60(4,5)6)45-51(71)47-88-41-39-85-37-35-83-33-31-81-29-26-79-23-20-65-69-62/h49-50,53H,10-48H2,1-9H3,(H,64,75)(H,67,76)(H,68,77)/t49-,50-,53+/m0/s1. The first-order valence-electron chi connectivity index (χ1n) is 31.9. The summed E-state index contributed by atoms with van der Waals surface area (Å²) < 4.78 is 76.3. The van der Waals surface area contributed by atoms with Crippen LogP contribution in [0.4, 0.5) is 4.79 Å². The first-order valence-corrected chi connectivity index (χ1v) is 31.9. The molecule has 0 aliphatic carbocycles. The smallest absolute Gasteiger partial charge is 0.431 e. The Morgan fingerprint density at radius 3 is 1.26 bits per heavy atom. The second-order valence-electron chi connectivity index (χ2n) is 24.1. The highest BCUT2D eigenvalue weighted by Gasteiger charge is 2.29. The van der Waals surface area contributed by atoms with E-state index in [9.17, 15) is 33.6 Å². The Morgan fingerprint density at radius 2 is 0.837 bits per heavy atom. The van der Waals surface area contributed by atoms with Gasteiger partial charge in [-0.15, -0.1) is 0 Å². The molecule has 0 heterocycles. The molecule has 92 heavy (non-hydrogen) atoms. The summed E-state index contributed by atoms with van der Waals surface area (Å²) in [6.07, 6.45) is 1.32. The number of Topliss-reactive ketones (excluding diaryl/α,β-unsaturated/α-hetero) is 3. The highest BCUT2D eigenvalue weighted by molar-refractivity contribution is 5.92. The lowest BCUT2D eigenvalue weighted by atomic mass is 9.85. The monoisotopic (exact) mass is 1320 g/mol. The van der Waals surface area contributed by atoms with Gasteiger partial charge in [0, 0.05) is 73.6 Å². The molecule has 0 saturated heterocycles. The van der Waals surface area contributed by atoms with Crippen LogP contribution >= 0.6 is 0 Å². The van der Waals surface area contributed by atoms with Gasteiger partial charge in [-0.25, -0.2) is 4.79 Å². The van der Waals surface area contributed by atoms with E-state index in [-0.39, 0.29) is 160 Å². The summed E-state index contributed by atoms with van der Waals surface area (Å²) in [5.74, 6) is -3.95. The fourth-order valence-corrected chi connectivity index (χ4v) is 7.83. The molecule has 0 saturated carbocycles. The third kappa shape index (κ3) is 59.8. The van der Waals surface area contributed by atoms with Crippen molar-refractivity contribution >= 4 is 41.2 Å². The summed E-state index contributed by atoms with van der Waals surface area (Å²) in [6, 6.07) is -0.982. The molecule has 0 unspecified atom stereocenters. The average molecular weight is 1320 g/mol. The van der Waals surface area contributed by atoms with Crippen LogP contribution in [0.1, 0.15) is 133 Å². The van der Waals surface area contributed by atoms with Crippen LogP contribution in [0.3, 0.4) is 0 Å². The number of unbranched alkanes of at least 4 members (excludes halogenated alkanes) is 1. The number of carbonyl (C=O) groups excluding carboxylic acids is 7. The van der Waals surface area contributed by atoms with Gasteiger partial charge in [-0.2, -0.15) is 5.48 Å². The molecule has 532 valence electrons. The molecular formula is C61H111N9O22. The number of ether oxygens (including phenoxy) is 14. The van der Waals surface area contributed by atoms with Crippen LogP contribution in [0, 0.1) is 17.3 Å². The van der Waals surface area contributed by atoms with Crippen LogP contribution in [0.2, 0.25) is 0 Å². The van der Waals surface area contributed by atoms with E-state index in [4.69, 9.17) is 82.2 Å². The average Bonchev–Trinajstić information content (AvgIpc) is 1.55. The van der Waals surface area contributed by atoms with Crippen LogP contribution in [0.5, 0.6) is 0 Å². The summed E-state index contributed by atoms with van der Waals surface area (Å²) in [6.45, 7) is 23.2. The maximum atomic E-state index is 14.2. The number of hydrogen-bond acceptors (Lipinski definition) is 24. The molecule has 31 heteroatoms. The number of azide groups is 2. The number of ketones is 3. The first-order chi connectivity index (χ1) is 44.0. The Hall–Kier alpha value is -5.21. The molecule has 0 bridgehead atoms. The zero-order valence-corrected chi connectivity index (χ0v) is 56.5. The van der Waals surface area contributed by atoms with E-state index in [1.807, 2.05) is 0 Å². The lowest BCUT2D eigenvalue weighted by molar-refractivity contribution is -0.155. The van der Waals surface area contributed by atoms with Crippen molar-refractivity contribution in [1.29, 1.82) is 0 Å². The van der Waals surface area contributed by atoms with E-state index in [0.717, 1.165) is 0 Å². The van der Waals surface area contributed by atoms with Gasteiger partial charge in [-0.3, -0.25) is 33.6 Å². The highest BCUT2D eigenvalue weighted by atomic mass is 16.7. The van der Waals surface area contributed by atoms with Gasteiger partial charge in [0.2, 0.25) is 11.8 Å². The Balaban J connectivity index is 5.54. The van der Waals surface area contributed by atoms with E-state index >= 15 is 0 Å². The van der Waals surface area contributed by atoms with Crippen molar-refractivity contribution in [3.8, 4) is 0 Å². The largest absolute Gasteiger partial charge is 0.460 e. The first kappa shape index (κ1) is 86.8. The fourth-order valence-electron chi connectivity index (χ4n) is 7.83. The van der Waals surface area contributed by atoms with Crippen molar-refractivity contribution in [3.05, 3.63) is 20.9 Å². The molecule has 3 amide bonds. The third-order valence-corrected chi connectivity index (χ3v) is 12.2. The van der Waals surface area contributed by atoms with Gasteiger partial charge in [0.25, 0.3) is 0 Å². The maximum Gasteiger partial charge on any atom is 0.431 e. The van der Waals surface area contributed by atoms with Crippen LogP contribution < -0.4 is 16.1 Å². The number of nitrogens with zero attached hydrogens (tertiary/aromatic N) is 6. The zero-order valence-electron chi connectivity index (χ0n) is 56.5. The number of amides is 3. The van der Waals surface area contributed by atoms with Gasteiger partial charge < -0.3 is 76.9 Å². The Bertz CT molecular complexity index is 2070. The lowest BCUT2D eigenvalue weighted by Crippen LogP contribution is -2.44. The number of rotatable bonds is 63. The maximum absolute atomic E-state index is 14.2. The SMILES string of the molecule is CC(C)(C)CC[C@@H](CC(=O)COCCOCCOCCOCCOCCN=[N+]=[N-])C(=O)NCCCC[C@@H](NC(=O)[C@@H](CCC(=O)OC(C)(C)C)CC(=O)COCCOCCOCCOCCOCCN=[N+]=[N-])C(=O)CCCOCCOCCONC(=O)OC(C)(C)C. The van der Waals surface area contributed by atoms with Gasteiger partial charge >= 0.3 is 12.1 Å². The van der Waals surface area contributed by atoms with Gasteiger partial charge in [0.05, 0.1) is 151 Å². The molecule has 3 atom stereocenters. The van der Waals surface area contributed by atoms with Gasteiger partial charge in [0.15, 0.2) is 17.3 Å². The Morgan fingerprint density at radius 1 is 0.435 bits per heavy atom. The number of esters is 1. The van der Waals surface area contributed by atoms with Gasteiger partial charge in [-0.1, -0.05) is 31.0 Å². The molecule has 0 rings (SSSR count). The molecule has 0 aromatic heterocycles. The summed E-state index contributed by atoms with van der Waals surface area (Å²) in [4.78, 5) is 103. The number of carbonyl (C=O) groups is 7. The zero-order chi connectivity index (χ0) is 68.4. The predicted molar refractivity (Wildman–Crippen MR) is 336 cm³/mol. The summed E-state index contributed by atoms with van der Waals surface area (Å²) in [7, 11) is 0. The minimum Gasteiger partial charge on any atom is -0.460 e. The van der Waals surface area contributed by atoms with Crippen molar-refractivity contribution < 1.29 is 105 Å². The van der Waals surface area contributed by atoms with E-state index < -0.39 is 52.8 Å². The minimum atomic E-state index is -1.01. The second kappa shape index (κ2) is 57.3. The molecule has 0 aromatic carbocycles. The van der Waals surface area contributed by atoms with Crippen molar-refractivity contribution in [2.75, 3.05) is 185 Å². The van der Waals surface area contributed by atoms with E-state index in [1.54, 1.807) is 41.5 Å². The minimum absolute atomic E-state index is 0.0150. The van der Waals surface area contributed by atoms with E-state index in [1.165, 1.54) is 0 Å². The van der Waals surface area contributed by atoms with Gasteiger partial charge in [0.1, 0.15) is 24.4 Å². The normalized spacial score (nSPS) is 12.7. The number of hydrogen-bond donors (Lipinski definition) is 3. The number of hydroxylamine groups is 1. The summed E-state index contributed by atoms with van der Waals surface area (Å²) >= 11 is 0. The molecule has 3 N–H and O–H groups in total. The molecule has 0 aliphatic heterocycles. The van der Waals surface area contributed by atoms with Gasteiger partial charge in [-0.05, 0) is 103 Å². The van der Waals surface area contributed by atoms with Crippen LogP contribution in [0.15, 0.2) is 10.2 Å². The van der Waals surface area contributed by atoms with E-state index in [0.29, 0.717) is 118 Å². The lowest BCUT2D eigenvalue weighted by Gasteiger charge is -2.23. The Kier molecular flexibility index (Phi) is 54.0. The quantitative estimate of drug-likeness (QED) is 0.0146. The van der Waals surface area contributed by atoms with E-state index in [2.05, 4.69) is 56.9 Å². The van der Waals surface area contributed by atoms with Crippen molar-refractivity contribution in [2.24, 2.45) is 27.5 Å². The molecular weight excluding hydrogens is 1210 g/mol. The van der Waals surface area contributed by atoms with Crippen molar-refractivity contribution in [3.63, 3.8) is 0 Å². The molecule has 0 spiro atoms. The topological polar surface area (TPSA) is 392 Å². The Labute approximate surface area is 543 Å². The fraction of sp³-hybridized carbons (Fsp3) is 0.885. The second-order valence-corrected chi connectivity index (χ2v) is 24.1. The molecule has 0 fully saturated rings.